The molecule has 2 N–H and O–H groups in total. The van der Waals surface area contributed by atoms with E-state index in [-0.39, 0.29) is 8.88 Å². The molecule has 0 aromatic heterocycles. The van der Waals surface area contributed by atoms with Crippen molar-refractivity contribution in [1.82, 2.24) is 15.5 Å². The van der Waals surface area contributed by atoms with Crippen LogP contribution in [0.1, 0.15) is 41.4 Å². The van der Waals surface area contributed by atoms with E-state index in [4.69, 9.17) is 0 Å². The first-order valence-electron chi connectivity index (χ1n) is 6.66. The fourth-order valence-corrected chi connectivity index (χ4v) is 3.52. The molecule has 0 aromatic rings. The number of hydrogen-bond acceptors (Lipinski definition) is 2. The maximum atomic E-state index is 12.0. The van der Waals surface area contributed by atoms with E-state index >= 15 is 0 Å². The molecule has 2 aliphatic heterocycles. The fourth-order valence-electron chi connectivity index (χ4n) is 3.52. The topological polar surface area (TPSA) is 44.4 Å². The Morgan fingerprint density at radius 1 is 1.12 bits per heavy atom. The smallest absolute Gasteiger partial charge is 0.318 e. The maximum absolute atomic E-state index is 12.0. The molecule has 3 aliphatic rings. The van der Waals surface area contributed by atoms with Crippen LogP contribution in [0.5, 0.6) is 0 Å². The lowest BCUT2D eigenvalue weighted by molar-refractivity contribution is 0.138. The molecule has 2 unspecified atom stereocenters. The van der Waals surface area contributed by atoms with Crippen LogP contribution < -0.4 is 10.6 Å². The highest BCUT2D eigenvalue weighted by Gasteiger charge is 2.43. The van der Waals surface area contributed by atoms with Gasteiger partial charge < -0.3 is 15.5 Å². The van der Waals surface area contributed by atoms with E-state index in [1.807, 2.05) is 0 Å². The molecule has 4 nitrogen and oxygen atoms in total. The van der Waals surface area contributed by atoms with Crippen molar-refractivity contribution >= 4 is 6.03 Å². The molecular formula is C12H25N3O. The summed E-state index contributed by atoms with van der Waals surface area (Å²) in [7, 11) is 0. The summed E-state index contributed by atoms with van der Waals surface area (Å²) in [5.41, 5.74) is 0. The summed E-state index contributed by atoms with van der Waals surface area (Å²) in [6.45, 7) is 2.12. The fraction of sp³-hybridized carbons (Fsp3) is 0.917. The lowest BCUT2D eigenvalue weighted by Crippen LogP contribution is -2.49. The Balaban J connectivity index is 0.000000810. The van der Waals surface area contributed by atoms with E-state index in [2.05, 4.69) is 15.5 Å². The Labute approximate surface area is 99.7 Å². The van der Waals surface area contributed by atoms with E-state index in [9.17, 15) is 4.79 Å². The van der Waals surface area contributed by atoms with Gasteiger partial charge in [-0.15, -0.1) is 0 Å². The van der Waals surface area contributed by atoms with Gasteiger partial charge >= 0.3 is 6.03 Å². The Morgan fingerprint density at radius 3 is 2.69 bits per heavy atom. The van der Waals surface area contributed by atoms with Crippen molar-refractivity contribution in [1.29, 1.82) is 0 Å². The molecule has 2 saturated heterocycles. The van der Waals surface area contributed by atoms with Gasteiger partial charge in [0.1, 0.15) is 0 Å². The Hall–Kier alpha value is -0.770. The third-order valence-electron chi connectivity index (χ3n) is 4.33. The zero-order chi connectivity index (χ0) is 11.0. The number of rotatable bonds is 1. The second kappa shape index (κ2) is 4.24. The van der Waals surface area contributed by atoms with Gasteiger partial charge in [-0.25, -0.2) is 4.79 Å². The number of fused-ring (bicyclic) bond motifs is 1. The SMILES string of the molecule is O=C1NC2CCCCC2N1C1CCNCC1.[HH].[HH]. The van der Waals surface area contributed by atoms with Gasteiger partial charge in [0.05, 0.1) is 12.1 Å². The molecule has 0 spiro atoms. The van der Waals surface area contributed by atoms with Crippen LogP contribution >= 0.6 is 0 Å². The van der Waals surface area contributed by atoms with Crippen molar-refractivity contribution in [2.45, 2.75) is 56.7 Å². The number of piperidine rings is 1. The van der Waals surface area contributed by atoms with Crippen molar-refractivity contribution in [2.24, 2.45) is 0 Å². The molecule has 4 heteroatoms. The van der Waals surface area contributed by atoms with Gasteiger partial charge in [0.15, 0.2) is 0 Å². The minimum absolute atomic E-state index is 0. The molecule has 1 saturated carbocycles. The van der Waals surface area contributed by atoms with E-state index in [1.54, 1.807) is 0 Å². The summed E-state index contributed by atoms with van der Waals surface area (Å²) in [5, 5.41) is 6.54. The van der Waals surface area contributed by atoms with Crippen LogP contribution in [0, 0.1) is 0 Å². The Kier molecular flexibility index (Phi) is 2.75. The minimum Gasteiger partial charge on any atom is -0.333 e. The van der Waals surface area contributed by atoms with Gasteiger partial charge in [-0.1, -0.05) is 12.8 Å². The summed E-state index contributed by atoms with van der Waals surface area (Å²) in [4.78, 5) is 14.2. The van der Waals surface area contributed by atoms with Gasteiger partial charge in [0.2, 0.25) is 0 Å². The number of hydrogen-bond donors (Lipinski definition) is 2. The molecule has 3 rings (SSSR count). The highest BCUT2D eigenvalue weighted by atomic mass is 16.2. The number of amides is 2. The highest BCUT2D eigenvalue weighted by molar-refractivity contribution is 5.78. The van der Waals surface area contributed by atoms with E-state index in [1.165, 1.54) is 25.7 Å². The number of nitrogens with one attached hydrogen (secondary N) is 2. The number of nitrogens with zero attached hydrogens (tertiary/aromatic N) is 1. The number of carbonyl (C=O) groups is 1. The molecule has 0 aromatic carbocycles. The zero-order valence-corrected chi connectivity index (χ0v) is 9.74. The first kappa shape index (κ1) is 10.4. The van der Waals surface area contributed by atoms with Crippen molar-refractivity contribution in [3.8, 4) is 0 Å². The Bertz CT molecular complexity index is 284. The van der Waals surface area contributed by atoms with Crippen molar-refractivity contribution in [2.75, 3.05) is 13.1 Å². The molecule has 16 heavy (non-hydrogen) atoms. The summed E-state index contributed by atoms with van der Waals surface area (Å²) >= 11 is 0. The quantitative estimate of drug-likeness (QED) is 0.714. The molecule has 0 bridgehead atoms. The van der Waals surface area contributed by atoms with Gasteiger partial charge in [-0.2, -0.15) is 0 Å². The predicted molar refractivity (Wildman–Crippen MR) is 66.5 cm³/mol. The lowest BCUT2D eigenvalue weighted by Gasteiger charge is -2.37. The van der Waals surface area contributed by atoms with Crippen LogP contribution in [0.25, 0.3) is 0 Å². The van der Waals surface area contributed by atoms with Crippen LogP contribution in [-0.4, -0.2) is 42.1 Å². The standard InChI is InChI=1S/C12H21N3O.2H2/c16-12-14-10-3-1-2-4-11(10)15(12)9-5-7-13-8-6-9;;/h9-11,13H,1-8H2,(H,14,16);2*1H. The van der Waals surface area contributed by atoms with Gasteiger partial charge in [-0.05, 0) is 38.8 Å². The van der Waals surface area contributed by atoms with Crippen molar-refractivity contribution < 1.29 is 7.65 Å². The summed E-state index contributed by atoms with van der Waals surface area (Å²) in [6.07, 6.45) is 7.19. The highest BCUT2D eigenvalue weighted by Crippen LogP contribution is 2.31. The van der Waals surface area contributed by atoms with Crippen LogP contribution in [0.4, 0.5) is 4.79 Å². The van der Waals surface area contributed by atoms with Gasteiger partial charge in [0.25, 0.3) is 0 Å². The maximum Gasteiger partial charge on any atom is 0.318 e. The van der Waals surface area contributed by atoms with Crippen LogP contribution in [-0.2, 0) is 0 Å². The minimum atomic E-state index is 0. The average molecular weight is 227 g/mol. The number of carbonyl (C=O) groups excluding carboxylic acids is 1. The molecule has 2 heterocycles. The molecule has 94 valence electrons. The van der Waals surface area contributed by atoms with Gasteiger partial charge in [0, 0.05) is 8.90 Å². The predicted octanol–water partition coefficient (Wildman–Crippen LogP) is 1.57. The zero-order valence-electron chi connectivity index (χ0n) is 9.74. The molecule has 1 aliphatic carbocycles. The summed E-state index contributed by atoms with van der Waals surface area (Å²) in [6, 6.07) is 1.61. The van der Waals surface area contributed by atoms with Crippen molar-refractivity contribution in [3.05, 3.63) is 0 Å². The molecular weight excluding hydrogens is 202 g/mol. The van der Waals surface area contributed by atoms with Gasteiger partial charge in [-0.3, -0.25) is 0 Å². The van der Waals surface area contributed by atoms with E-state index in [0.29, 0.717) is 18.1 Å². The third-order valence-corrected chi connectivity index (χ3v) is 4.33. The summed E-state index contributed by atoms with van der Waals surface area (Å²) in [5.74, 6) is 0. The average Bonchev–Trinajstić information content (AvgIpc) is 2.66. The molecule has 3 fully saturated rings. The van der Waals surface area contributed by atoms with Crippen LogP contribution in [0.3, 0.4) is 0 Å². The second-order valence-corrected chi connectivity index (χ2v) is 5.30. The second-order valence-electron chi connectivity index (χ2n) is 5.30. The monoisotopic (exact) mass is 227 g/mol. The van der Waals surface area contributed by atoms with Crippen LogP contribution in [0.2, 0.25) is 0 Å². The summed E-state index contributed by atoms with van der Waals surface area (Å²) < 4.78 is 0. The largest absolute Gasteiger partial charge is 0.333 e. The molecule has 2 atom stereocenters. The first-order valence-corrected chi connectivity index (χ1v) is 6.66. The van der Waals surface area contributed by atoms with E-state index in [0.717, 1.165) is 25.9 Å². The van der Waals surface area contributed by atoms with E-state index < -0.39 is 0 Å². The lowest BCUT2D eigenvalue weighted by atomic mass is 9.89. The van der Waals surface area contributed by atoms with Crippen LogP contribution in [0.15, 0.2) is 0 Å². The number of urea groups is 1. The van der Waals surface area contributed by atoms with Crippen molar-refractivity contribution in [3.63, 3.8) is 0 Å². The Morgan fingerprint density at radius 2 is 1.88 bits per heavy atom. The molecule has 0 radical (unpaired) electrons. The molecule has 2 amide bonds. The normalized spacial score (nSPS) is 36.0. The third kappa shape index (κ3) is 1.69. The first-order chi connectivity index (χ1) is 7.86.